The van der Waals surface area contributed by atoms with Gasteiger partial charge in [-0.3, -0.25) is 4.79 Å². The van der Waals surface area contributed by atoms with Crippen molar-refractivity contribution in [3.63, 3.8) is 0 Å². The Morgan fingerprint density at radius 2 is 1.69 bits per heavy atom. The van der Waals surface area contributed by atoms with Crippen molar-refractivity contribution >= 4 is 31.9 Å². The van der Waals surface area contributed by atoms with Crippen LogP contribution in [0, 0.1) is 0 Å². The van der Waals surface area contributed by atoms with E-state index in [4.69, 9.17) is 0 Å². The highest BCUT2D eigenvalue weighted by Gasteiger charge is 2.25. The van der Waals surface area contributed by atoms with E-state index in [9.17, 15) is 18.3 Å². The number of rotatable bonds is 16. The van der Waals surface area contributed by atoms with Crippen LogP contribution in [0.25, 0.3) is 0 Å². The lowest BCUT2D eigenvalue weighted by Gasteiger charge is -2.25. The van der Waals surface area contributed by atoms with Gasteiger partial charge in [0, 0.05) is 37.1 Å². The summed E-state index contributed by atoms with van der Waals surface area (Å²) >= 11 is 3.46. The highest BCUT2D eigenvalue weighted by molar-refractivity contribution is 9.10. The molecular weight excluding hydrogens is 530 g/mol. The summed E-state index contributed by atoms with van der Waals surface area (Å²) in [5.74, 6) is -0.631. The molecule has 2 aromatic carbocycles. The molecule has 0 bridgehead atoms. The van der Waals surface area contributed by atoms with E-state index in [1.54, 1.807) is 0 Å². The van der Waals surface area contributed by atoms with E-state index >= 15 is 0 Å². The summed E-state index contributed by atoms with van der Waals surface area (Å²) in [4.78, 5) is 12.8. The van der Waals surface area contributed by atoms with Crippen molar-refractivity contribution in [3.05, 3.63) is 70.2 Å². The van der Waals surface area contributed by atoms with Crippen molar-refractivity contribution in [3.8, 4) is 0 Å². The summed E-state index contributed by atoms with van der Waals surface area (Å²) in [5, 5.41) is 17.0. The molecule has 0 aromatic heterocycles. The molecule has 1 amide bonds. The first-order valence-electron chi connectivity index (χ1n) is 12.2. The average molecular weight is 569 g/mol. The maximum Gasteiger partial charge on any atom is 0.221 e. The first kappa shape index (κ1) is 29.5. The minimum Gasteiger partial charge on any atom is -0.390 e. The molecule has 3 N–H and O–H groups in total. The van der Waals surface area contributed by atoms with Gasteiger partial charge in [-0.1, -0.05) is 72.2 Å². The van der Waals surface area contributed by atoms with Crippen LogP contribution in [0.4, 0.5) is 0 Å². The number of carbonyl (C=O) groups excluding carboxylic acids is 1. The average Bonchev–Trinajstić information content (AvgIpc) is 2.83. The van der Waals surface area contributed by atoms with Gasteiger partial charge in [0.15, 0.2) is 0 Å². The van der Waals surface area contributed by atoms with E-state index in [0.29, 0.717) is 26.1 Å². The zero-order valence-corrected chi connectivity index (χ0v) is 23.0. The van der Waals surface area contributed by atoms with E-state index in [-0.39, 0.29) is 24.6 Å². The van der Waals surface area contributed by atoms with Gasteiger partial charge in [0.1, 0.15) is 0 Å². The van der Waals surface area contributed by atoms with Crippen LogP contribution >= 0.6 is 15.9 Å². The van der Waals surface area contributed by atoms with Gasteiger partial charge in [0.25, 0.3) is 0 Å². The fourth-order valence-electron chi connectivity index (χ4n) is 3.82. The summed E-state index contributed by atoms with van der Waals surface area (Å²) in [6.07, 6.45) is 0.870. The summed E-state index contributed by atoms with van der Waals surface area (Å²) in [6, 6.07) is 17.0. The predicted molar refractivity (Wildman–Crippen MR) is 144 cm³/mol. The monoisotopic (exact) mass is 567 g/mol. The molecule has 9 heteroatoms. The number of carbonyl (C=O) groups is 1. The second kappa shape index (κ2) is 15.4. The Labute approximate surface area is 218 Å². The van der Waals surface area contributed by atoms with Crippen molar-refractivity contribution in [1.82, 2.24) is 14.9 Å². The third kappa shape index (κ3) is 10.8. The number of hydrogen-bond acceptors (Lipinski definition) is 5. The zero-order valence-electron chi connectivity index (χ0n) is 20.6. The van der Waals surface area contributed by atoms with Gasteiger partial charge in [-0.15, -0.1) is 0 Å². The second-order valence-corrected chi connectivity index (χ2v) is 11.7. The SMILES string of the molecule is CCCN(CCC)S(=O)(=O)CCC(=O)N[C@@H](Cc1cccc(Br)c1)[C@@H](O)CNCc1ccccc1. The number of nitrogens with one attached hydrogen (secondary N) is 2. The minimum absolute atomic E-state index is 0.147. The Bertz CT molecular complexity index is 999. The lowest BCUT2D eigenvalue weighted by atomic mass is 10.0. The molecule has 0 aliphatic heterocycles. The Kier molecular flexibility index (Phi) is 12.9. The first-order chi connectivity index (χ1) is 16.7. The molecule has 0 aliphatic rings. The molecule has 2 aromatic rings. The largest absolute Gasteiger partial charge is 0.390 e. The van der Waals surface area contributed by atoms with Gasteiger partial charge >= 0.3 is 0 Å². The molecule has 0 spiro atoms. The molecule has 2 rings (SSSR count). The highest BCUT2D eigenvalue weighted by Crippen LogP contribution is 2.15. The Balaban J connectivity index is 2.01. The van der Waals surface area contributed by atoms with E-state index in [0.717, 1.165) is 28.4 Å². The van der Waals surface area contributed by atoms with Crippen LogP contribution in [-0.4, -0.2) is 61.3 Å². The molecule has 0 heterocycles. The van der Waals surface area contributed by atoms with Crippen LogP contribution in [0.15, 0.2) is 59.1 Å². The summed E-state index contributed by atoms with van der Waals surface area (Å²) in [6.45, 7) is 5.66. The topological polar surface area (TPSA) is 98.7 Å². The van der Waals surface area contributed by atoms with E-state index < -0.39 is 22.2 Å². The van der Waals surface area contributed by atoms with Crippen LogP contribution < -0.4 is 10.6 Å². The lowest BCUT2D eigenvalue weighted by Crippen LogP contribution is -2.49. The first-order valence-corrected chi connectivity index (χ1v) is 14.6. The number of amides is 1. The fourth-order valence-corrected chi connectivity index (χ4v) is 5.89. The molecular formula is C26H38BrN3O4S. The van der Waals surface area contributed by atoms with Crippen molar-refractivity contribution in [1.29, 1.82) is 0 Å². The number of sulfonamides is 1. The van der Waals surface area contributed by atoms with Crippen molar-refractivity contribution in [2.75, 3.05) is 25.4 Å². The van der Waals surface area contributed by atoms with Crippen LogP contribution in [0.5, 0.6) is 0 Å². The van der Waals surface area contributed by atoms with E-state index in [1.807, 2.05) is 68.4 Å². The lowest BCUT2D eigenvalue weighted by molar-refractivity contribution is -0.122. The number of hydrogen-bond donors (Lipinski definition) is 3. The molecule has 2 atom stereocenters. The van der Waals surface area contributed by atoms with Gasteiger partial charge in [-0.05, 0) is 42.5 Å². The number of benzene rings is 2. The molecule has 35 heavy (non-hydrogen) atoms. The molecule has 0 aliphatic carbocycles. The molecule has 194 valence electrons. The van der Waals surface area contributed by atoms with E-state index in [2.05, 4.69) is 26.6 Å². The molecule has 0 saturated carbocycles. The molecule has 0 fully saturated rings. The third-order valence-corrected chi connectivity index (χ3v) is 7.97. The van der Waals surface area contributed by atoms with Gasteiger partial charge in [-0.2, -0.15) is 0 Å². The van der Waals surface area contributed by atoms with Gasteiger partial charge in [-0.25, -0.2) is 12.7 Å². The van der Waals surface area contributed by atoms with Crippen molar-refractivity contribution < 1.29 is 18.3 Å². The zero-order chi connectivity index (χ0) is 25.7. The van der Waals surface area contributed by atoms with Crippen molar-refractivity contribution in [2.45, 2.75) is 58.2 Å². The van der Waals surface area contributed by atoms with Crippen molar-refractivity contribution in [2.24, 2.45) is 0 Å². The summed E-state index contributed by atoms with van der Waals surface area (Å²) in [7, 11) is -3.52. The van der Waals surface area contributed by atoms with Crippen LogP contribution in [0.1, 0.15) is 44.2 Å². The fraction of sp³-hybridized carbons (Fsp3) is 0.500. The van der Waals surface area contributed by atoms with E-state index in [1.165, 1.54) is 4.31 Å². The third-order valence-electron chi connectivity index (χ3n) is 5.61. The van der Waals surface area contributed by atoms with Gasteiger partial charge < -0.3 is 15.7 Å². The van der Waals surface area contributed by atoms with Gasteiger partial charge in [0.2, 0.25) is 15.9 Å². The summed E-state index contributed by atoms with van der Waals surface area (Å²) in [5.41, 5.74) is 2.05. The quantitative estimate of drug-likeness (QED) is 0.288. The smallest absolute Gasteiger partial charge is 0.221 e. The minimum atomic E-state index is -3.52. The maximum atomic E-state index is 12.8. The molecule has 7 nitrogen and oxygen atoms in total. The standard InChI is InChI=1S/C26H38BrN3O4S/c1-3-14-30(15-4-2)35(33,34)16-13-26(32)29-24(18-22-11-8-12-23(27)17-22)25(31)20-28-19-21-9-6-5-7-10-21/h5-12,17,24-25,28,31H,3-4,13-16,18-20H2,1-2H3,(H,29,32)/t24-,25-/m0/s1. The molecule has 0 unspecified atom stereocenters. The number of nitrogens with zero attached hydrogens (tertiary/aromatic N) is 1. The second-order valence-electron chi connectivity index (χ2n) is 8.66. The number of halogens is 1. The Morgan fingerprint density at radius 1 is 1.03 bits per heavy atom. The van der Waals surface area contributed by atoms with Crippen LogP contribution in [0.2, 0.25) is 0 Å². The van der Waals surface area contributed by atoms with Gasteiger partial charge in [0.05, 0.1) is 17.9 Å². The number of aliphatic hydroxyl groups is 1. The summed E-state index contributed by atoms with van der Waals surface area (Å²) < 4.78 is 27.8. The number of aliphatic hydroxyl groups excluding tert-OH is 1. The Hall–Kier alpha value is -1.78. The normalized spacial score (nSPS) is 13.5. The Morgan fingerprint density at radius 3 is 2.31 bits per heavy atom. The molecule has 0 saturated heterocycles. The highest BCUT2D eigenvalue weighted by atomic mass is 79.9. The maximum absolute atomic E-state index is 12.8. The van der Waals surface area contributed by atoms with Crippen LogP contribution in [-0.2, 0) is 27.8 Å². The predicted octanol–water partition coefficient (Wildman–Crippen LogP) is 3.47. The molecule has 0 radical (unpaired) electrons. The van der Waals surface area contributed by atoms with Crippen LogP contribution in [0.3, 0.4) is 0 Å².